The first-order valence-corrected chi connectivity index (χ1v) is 4.84. The number of hydrogen-bond acceptors (Lipinski definition) is 3. The molecule has 1 saturated carbocycles. The van der Waals surface area contributed by atoms with Crippen molar-refractivity contribution in [1.82, 2.24) is 0 Å². The first-order chi connectivity index (χ1) is 6.24. The number of nitrogens with two attached hydrogens (primary N) is 1. The molecule has 0 aromatic carbocycles. The molecule has 4 heteroatoms. The number of rotatable bonds is 2. The van der Waals surface area contributed by atoms with Crippen LogP contribution in [-0.2, 0) is 9.53 Å². The van der Waals surface area contributed by atoms with Crippen molar-refractivity contribution in [2.45, 2.75) is 19.4 Å². The van der Waals surface area contributed by atoms with Gasteiger partial charge in [-0.1, -0.05) is 12.2 Å². The highest BCUT2D eigenvalue weighted by Crippen LogP contribution is 2.43. The molecule has 2 N–H and O–H groups in total. The molecule has 0 saturated heterocycles. The van der Waals surface area contributed by atoms with Gasteiger partial charge in [-0.15, -0.1) is 12.4 Å². The third kappa shape index (κ3) is 1.66. The quantitative estimate of drug-likeness (QED) is 0.557. The van der Waals surface area contributed by atoms with Gasteiger partial charge < -0.3 is 10.5 Å². The van der Waals surface area contributed by atoms with Gasteiger partial charge in [-0.25, -0.2) is 0 Å². The number of esters is 1. The zero-order valence-electron chi connectivity index (χ0n) is 8.18. The van der Waals surface area contributed by atoms with Gasteiger partial charge in [-0.3, -0.25) is 4.79 Å². The lowest BCUT2D eigenvalue weighted by atomic mass is 9.90. The number of allylic oxidation sites excluding steroid dienone is 1. The largest absolute Gasteiger partial charge is 0.466 e. The molecule has 80 valence electrons. The first-order valence-electron chi connectivity index (χ1n) is 4.84. The Morgan fingerprint density at radius 2 is 2.14 bits per heavy atom. The van der Waals surface area contributed by atoms with Crippen LogP contribution in [0.3, 0.4) is 0 Å². The molecule has 2 rings (SSSR count). The Balaban J connectivity index is 0.000000980. The lowest BCUT2D eigenvalue weighted by molar-refractivity contribution is -0.149. The normalized spacial score (nSPS) is 38.1. The van der Waals surface area contributed by atoms with Gasteiger partial charge in [0.1, 0.15) is 0 Å². The minimum Gasteiger partial charge on any atom is -0.466 e. The molecule has 0 radical (unpaired) electrons. The molecule has 0 amide bonds. The standard InChI is InChI=1S/C10H15NO2.ClH/c1-2-13-10(12)8-6-3-4-7(5-6)9(8)11;/h3-4,6-9H,2,5,11H2,1H3;1H/t6-,7+,8+,9-;/m1./s1. The van der Waals surface area contributed by atoms with Crippen LogP contribution in [-0.4, -0.2) is 18.6 Å². The van der Waals surface area contributed by atoms with E-state index in [1.807, 2.05) is 6.92 Å². The Kier molecular flexibility index (Phi) is 3.56. The summed E-state index contributed by atoms with van der Waals surface area (Å²) in [6.07, 6.45) is 5.27. The molecule has 2 aliphatic rings. The molecule has 1 fully saturated rings. The van der Waals surface area contributed by atoms with Crippen molar-refractivity contribution in [2.24, 2.45) is 23.5 Å². The molecule has 0 aromatic heterocycles. The Morgan fingerprint density at radius 1 is 1.50 bits per heavy atom. The summed E-state index contributed by atoms with van der Waals surface area (Å²) >= 11 is 0. The Morgan fingerprint density at radius 3 is 2.64 bits per heavy atom. The molecule has 3 nitrogen and oxygen atoms in total. The van der Waals surface area contributed by atoms with E-state index in [0.29, 0.717) is 18.4 Å². The van der Waals surface area contributed by atoms with E-state index in [4.69, 9.17) is 10.5 Å². The van der Waals surface area contributed by atoms with Crippen LogP contribution < -0.4 is 5.73 Å². The van der Waals surface area contributed by atoms with E-state index >= 15 is 0 Å². The molecular weight excluding hydrogens is 202 g/mol. The van der Waals surface area contributed by atoms with E-state index in [1.54, 1.807) is 0 Å². The van der Waals surface area contributed by atoms with Crippen LogP contribution in [0.4, 0.5) is 0 Å². The maximum Gasteiger partial charge on any atom is 0.311 e. The number of carbonyl (C=O) groups is 1. The number of carbonyl (C=O) groups excluding carboxylic acids is 1. The third-order valence-electron chi connectivity index (χ3n) is 3.08. The predicted molar refractivity (Wildman–Crippen MR) is 56.1 cm³/mol. The average molecular weight is 218 g/mol. The van der Waals surface area contributed by atoms with Crippen molar-refractivity contribution in [3.05, 3.63) is 12.2 Å². The average Bonchev–Trinajstić information content (AvgIpc) is 2.63. The predicted octanol–water partition coefficient (Wildman–Crippen LogP) is 1.12. The first kappa shape index (κ1) is 11.5. The Bertz CT molecular complexity index is 255. The van der Waals surface area contributed by atoms with E-state index in [2.05, 4.69) is 12.2 Å². The molecule has 0 aromatic rings. The van der Waals surface area contributed by atoms with Gasteiger partial charge >= 0.3 is 5.97 Å². The fourth-order valence-electron chi connectivity index (χ4n) is 2.43. The van der Waals surface area contributed by atoms with Gasteiger partial charge in [0.05, 0.1) is 12.5 Å². The van der Waals surface area contributed by atoms with Crippen molar-refractivity contribution in [2.75, 3.05) is 6.61 Å². The topological polar surface area (TPSA) is 52.3 Å². The summed E-state index contributed by atoms with van der Waals surface area (Å²) in [5.74, 6) is 0.528. The zero-order valence-corrected chi connectivity index (χ0v) is 9.00. The van der Waals surface area contributed by atoms with Gasteiger partial charge in [-0.2, -0.15) is 0 Å². The second-order valence-electron chi connectivity index (χ2n) is 3.80. The van der Waals surface area contributed by atoms with Crippen LogP contribution >= 0.6 is 12.4 Å². The Labute approximate surface area is 90.1 Å². The van der Waals surface area contributed by atoms with Crippen LogP contribution in [0.25, 0.3) is 0 Å². The second kappa shape index (κ2) is 4.32. The minimum atomic E-state index is -0.119. The monoisotopic (exact) mass is 217 g/mol. The van der Waals surface area contributed by atoms with Gasteiger partial charge in [-0.05, 0) is 25.2 Å². The summed E-state index contributed by atoms with van der Waals surface area (Å²) in [5, 5.41) is 0. The fraction of sp³-hybridized carbons (Fsp3) is 0.700. The second-order valence-corrected chi connectivity index (χ2v) is 3.80. The van der Waals surface area contributed by atoms with Crippen molar-refractivity contribution < 1.29 is 9.53 Å². The molecule has 0 aliphatic heterocycles. The van der Waals surface area contributed by atoms with Crippen molar-refractivity contribution >= 4 is 18.4 Å². The molecule has 4 atom stereocenters. The van der Waals surface area contributed by atoms with Crippen LogP contribution in [0.1, 0.15) is 13.3 Å². The van der Waals surface area contributed by atoms with Gasteiger partial charge in [0.25, 0.3) is 0 Å². The summed E-state index contributed by atoms with van der Waals surface area (Å²) < 4.78 is 5.00. The van der Waals surface area contributed by atoms with Crippen LogP contribution in [0.5, 0.6) is 0 Å². The smallest absolute Gasteiger partial charge is 0.311 e. The number of hydrogen-bond donors (Lipinski definition) is 1. The SMILES string of the molecule is CCOC(=O)[C@@H]1[C@H](N)[C@H]2C=C[C@@H]1C2.Cl. The molecule has 0 spiro atoms. The van der Waals surface area contributed by atoms with Crippen molar-refractivity contribution in [1.29, 1.82) is 0 Å². The summed E-state index contributed by atoms with van der Waals surface area (Å²) in [7, 11) is 0. The van der Waals surface area contributed by atoms with E-state index in [0.717, 1.165) is 6.42 Å². The minimum absolute atomic E-state index is 0. The Hall–Kier alpha value is -0.540. The highest BCUT2D eigenvalue weighted by Gasteiger charge is 2.46. The van der Waals surface area contributed by atoms with Crippen molar-refractivity contribution in [3.8, 4) is 0 Å². The van der Waals surface area contributed by atoms with E-state index in [9.17, 15) is 4.79 Å². The number of halogens is 1. The highest BCUT2D eigenvalue weighted by molar-refractivity contribution is 5.85. The summed E-state index contributed by atoms with van der Waals surface area (Å²) in [5.41, 5.74) is 5.94. The molecule has 2 bridgehead atoms. The van der Waals surface area contributed by atoms with Crippen LogP contribution in [0.15, 0.2) is 12.2 Å². The number of ether oxygens (including phenoxy) is 1. The lowest BCUT2D eigenvalue weighted by Gasteiger charge is -2.22. The molecule has 0 unspecified atom stereocenters. The maximum absolute atomic E-state index is 11.5. The summed E-state index contributed by atoms with van der Waals surface area (Å²) in [6, 6.07) is -0.0194. The zero-order chi connectivity index (χ0) is 9.42. The van der Waals surface area contributed by atoms with E-state index < -0.39 is 0 Å². The molecule has 14 heavy (non-hydrogen) atoms. The fourth-order valence-corrected chi connectivity index (χ4v) is 2.43. The highest BCUT2D eigenvalue weighted by atomic mass is 35.5. The van der Waals surface area contributed by atoms with Crippen LogP contribution in [0, 0.1) is 17.8 Å². The van der Waals surface area contributed by atoms with Gasteiger partial charge in [0.2, 0.25) is 0 Å². The lowest BCUT2D eigenvalue weighted by Crippen LogP contribution is -2.39. The third-order valence-corrected chi connectivity index (χ3v) is 3.08. The van der Waals surface area contributed by atoms with Gasteiger partial charge in [0, 0.05) is 6.04 Å². The summed E-state index contributed by atoms with van der Waals surface area (Å²) in [4.78, 5) is 11.5. The van der Waals surface area contributed by atoms with Crippen LogP contribution in [0.2, 0.25) is 0 Å². The molecule has 0 heterocycles. The van der Waals surface area contributed by atoms with E-state index in [-0.39, 0.29) is 30.3 Å². The molecular formula is C10H16ClNO2. The maximum atomic E-state index is 11.5. The van der Waals surface area contributed by atoms with Crippen molar-refractivity contribution in [3.63, 3.8) is 0 Å². The number of fused-ring (bicyclic) bond motifs is 2. The molecule has 2 aliphatic carbocycles. The van der Waals surface area contributed by atoms with E-state index in [1.165, 1.54) is 0 Å². The summed E-state index contributed by atoms with van der Waals surface area (Å²) in [6.45, 7) is 2.27. The van der Waals surface area contributed by atoms with Gasteiger partial charge in [0.15, 0.2) is 0 Å².